The lowest BCUT2D eigenvalue weighted by molar-refractivity contribution is -0.114. The van der Waals surface area contributed by atoms with Crippen LogP contribution in [0.15, 0.2) is 47.5 Å². The van der Waals surface area contributed by atoms with Gasteiger partial charge in [-0.05, 0) is 42.5 Å². The second-order valence-electron chi connectivity index (χ2n) is 4.45. The van der Waals surface area contributed by atoms with Gasteiger partial charge in [-0.2, -0.15) is 0 Å². The van der Waals surface area contributed by atoms with Gasteiger partial charge in [0.1, 0.15) is 12.3 Å². The van der Waals surface area contributed by atoms with Gasteiger partial charge >= 0.3 is 0 Å². The maximum absolute atomic E-state index is 11.7. The molecule has 1 aliphatic rings. The number of hydrogen-bond donors (Lipinski definition) is 2. The van der Waals surface area contributed by atoms with Gasteiger partial charge in [0, 0.05) is 16.1 Å². The minimum Gasteiger partial charge on any atom is -0.508 e. The molecule has 1 amide bonds. The standard InChI is InChI=1S/C15H11ClN2O2/c16-10-3-6-13-12(7-10)15(17-8-14(20)18-13)9-1-4-11(19)5-2-9/h1-7,19H,8H2,(H,18,20). The molecule has 0 spiro atoms. The molecule has 0 saturated heterocycles. The number of benzodiazepines with no additional fused rings is 1. The van der Waals surface area contributed by atoms with E-state index in [1.807, 2.05) is 0 Å². The number of carbonyl (C=O) groups excluding carboxylic acids is 1. The van der Waals surface area contributed by atoms with Crippen LogP contribution in [0.1, 0.15) is 11.1 Å². The van der Waals surface area contributed by atoms with Gasteiger partial charge in [0.05, 0.1) is 11.4 Å². The SMILES string of the molecule is O=C1CN=C(c2ccc(O)cc2)c2cc(Cl)ccc2N1. The normalized spacial score (nSPS) is 14.1. The lowest BCUT2D eigenvalue weighted by Gasteiger charge is -2.10. The number of carbonyl (C=O) groups is 1. The van der Waals surface area contributed by atoms with Crippen molar-refractivity contribution in [3.05, 3.63) is 58.6 Å². The Hall–Kier alpha value is -2.33. The molecule has 100 valence electrons. The first-order valence-electron chi connectivity index (χ1n) is 6.07. The van der Waals surface area contributed by atoms with E-state index in [9.17, 15) is 9.90 Å². The average molecular weight is 287 g/mol. The first kappa shape index (κ1) is 12.7. The van der Waals surface area contributed by atoms with Crippen LogP contribution in [-0.4, -0.2) is 23.3 Å². The largest absolute Gasteiger partial charge is 0.508 e. The van der Waals surface area contributed by atoms with Gasteiger partial charge in [0.2, 0.25) is 5.91 Å². The molecule has 3 rings (SSSR count). The third kappa shape index (κ3) is 2.38. The van der Waals surface area contributed by atoms with E-state index in [0.29, 0.717) is 16.4 Å². The molecule has 1 aliphatic heterocycles. The van der Waals surface area contributed by atoms with Crippen LogP contribution < -0.4 is 5.32 Å². The van der Waals surface area contributed by atoms with Crippen LogP contribution in [0.3, 0.4) is 0 Å². The number of aromatic hydroxyl groups is 1. The second-order valence-corrected chi connectivity index (χ2v) is 4.89. The molecular formula is C15H11ClN2O2. The Balaban J connectivity index is 2.17. The summed E-state index contributed by atoms with van der Waals surface area (Å²) >= 11 is 6.04. The predicted octanol–water partition coefficient (Wildman–Crippen LogP) is 2.84. The summed E-state index contributed by atoms with van der Waals surface area (Å²) in [4.78, 5) is 16.0. The van der Waals surface area contributed by atoms with Crippen LogP contribution in [-0.2, 0) is 4.79 Å². The highest BCUT2D eigenvalue weighted by atomic mass is 35.5. The molecule has 1 heterocycles. The summed E-state index contributed by atoms with van der Waals surface area (Å²) in [5.41, 5.74) is 2.96. The minimum atomic E-state index is -0.164. The maximum atomic E-state index is 11.7. The Kier molecular flexibility index (Phi) is 3.16. The van der Waals surface area contributed by atoms with E-state index in [1.54, 1.807) is 42.5 Å². The first-order chi connectivity index (χ1) is 9.63. The number of anilines is 1. The van der Waals surface area contributed by atoms with E-state index in [-0.39, 0.29) is 18.2 Å². The number of aliphatic imine (C=N–C) groups is 1. The Labute approximate surface area is 120 Å². The van der Waals surface area contributed by atoms with Gasteiger partial charge in [0.15, 0.2) is 0 Å². The smallest absolute Gasteiger partial charge is 0.246 e. The van der Waals surface area contributed by atoms with E-state index in [2.05, 4.69) is 10.3 Å². The van der Waals surface area contributed by atoms with Gasteiger partial charge in [-0.15, -0.1) is 0 Å². The second kappa shape index (κ2) is 4.98. The number of fused-ring (bicyclic) bond motifs is 1. The van der Waals surface area contributed by atoms with Crippen LogP contribution >= 0.6 is 11.6 Å². The van der Waals surface area contributed by atoms with Gasteiger partial charge in [0.25, 0.3) is 0 Å². The number of halogens is 1. The Morgan fingerprint density at radius 3 is 2.65 bits per heavy atom. The van der Waals surface area contributed by atoms with E-state index in [1.165, 1.54) is 0 Å². The molecular weight excluding hydrogens is 276 g/mol. The van der Waals surface area contributed by atoms with Crippen molar-refractivity contribution >= 4 is 28.9 Å². The van der Waals surface area contributed by atoms with Crippen molar-refractivity contribution in [2.45, 2.75) is 0 Å². The number of nitrogens with one attached hydrogen (secondary N) is 1. The van der Waals surface area contributed by atoms with Gasteiger partial charge in [-0.25, -0.2) is 0 Å². The van der Waals surface area contributed by atoms with Crippen molar-refractivity contribution in [3.8, 4) is 5.75 Å². The Bertz CT molecular complexity index is 708. The summed E-state index contributed by atoms with van der Waals surface area (Å²) in [5, 5.41) is 12.7. The highest BCUT2D eigenvalue weighted by molar-refractivity contribution is 6.31. The molecule has 4 nitrogen and oxygen atoms in total. The monoisotopic (exact) mass is 286 g/mol. The van der Waals surface area contributed by atoms with Crippen LogP contribution in [0.25, 0.3) is 0 Å². The zero-order valence-corrected chi connectivity index (χ0v) is 11.2. The van der Waals surface area contributed by atoms with Crippen molar-refractivity contribution in [2.75, 3.05) is 11.9 Å². The van der Waals surface area contributed by atoms with Crippen LogP contribution in [0, 0.1) is 0 Å². The molecule has 0 atom stereocenters. The van der Waals surface area contributed by atoms with Crippen molar-refractivity contribution in [2.24, 2.45) is 4.99 Å². The fraction of sp³-hybridized carbons (Fsp3) is 0.0667. The van der Waals surface area contributed by atoms with Gasteiger partial charge < -0.3 is 10.4 Å². The zero-order valence-electron chi connectivity index (χ0n) is 10.4. The molecule has 5 heteroatoms. The van der Waals surface area contributed by atoms with Crippen LogP contribution in [0.4, 0.5) is 5.69 Å². The Morgan fingerprint density at radius 1 is 1.15 bits per heavy atom. The lowest BCUT2D eigenvalue weighted by Crippen LogP contribution is -2.13. The van der Waals surface area contributed by atoms with E-state index in [0.717, 1.165) is 11.1 Å². The number of phenols is 1. The quantitative estimate of drug-likeness (QED) is 0.847. The van der Waals surface area contributed by atoms with Crippen molar-refractivity contribution < 1.29 is 9.90 Å². The molecule has 0 bridgehead atoms. The molecule has 0 aliphatic carbocycles. The number of phenolic OH excluding ortho intramolecular Hbond substituents is 1. The molecule has 0 unspecified atom stereocenters. The summed E-state index contributed by atoms with van der Waals surface area (Å²) < 4.78 is 0. The van der Waals surface area contributed by atoms with Crippen molar-refractivity contribution in [3.63, 3.8) is 0 Å². The van der Waals surface area contributed by atoms with Crippen molar-refractivity contribution in [1.29, 1.82) is 0 Å². The fourth-order valence-electron chi connectivity index (χ4n) is 2.11. The molecule has 0 radical (unpaired) electrons. The van der Waals surface area contributed by atoms with Crippen molar-refractivity contribution in [1.82, 2.24) is 0 Å². The molecule has 2 N–H and O–H groups in total. The molecule has 2 aromatic rings. The number of amides is 1. The summed E-state index contributed by atoms with van der Waals surface area (Å²) in [6.45, 7) is 0.0580. The predicted molar refractivity (Wildman–Crippen MR) is 78.7 cm³/mol. The molecule has 0 fully saturated rings. The number of benzene rings is 2. The summed E-state index contributed by atoms with van der Waals surface area (Å²) in [6.07, 6.45) is 0. The van der Waals surface area contributed by atoms with Crippen LogP contribution in [0.2, 0.25) is 5.02 Å². The number of hydrogen-bond acceptors (Lipinski definition) is 3. The van der Waals surface area contributed by atoms with Gasteiger partial charge in [-0.3, -0.25) is 9.79 Å². The summed E-state index contributed by atoms with van der Waals surface area (Å²) in [6, 6.07) is 11.9. The van der Waals surface area contributed by atoms with E-state index < -0.39 is 0 Å². The molecule has 0 saturated carbocycles. The minimum absolute atomic E-state index is 0.0580. The van der Waals surface area contributed by atoms with Gasteiger partial charge in [-0.1, -0.05) is 11.6 Å². The lowest BCUT2D eigenvalue weighted by atomic mass is 10.0. The number of rotatable bonds is 1. The highest BCUT2D eigenvalue weighted by Gasteiger charge is 2.18. The zero-order chi connectivity index (χ0) is 14.1. The summed E-state index contributed by atoms with van der Waals surface area (Å²) in [7, 11) is 0. The van der Waals surface area contributed by atoms with E-state index >= 15 is 0 Å². The third-order valence-corrected chi connectivity index (χ3v) is 3.27. The third-order valence-electron chi connectivity index (χ3n) is 3.03. The fourth-order valence-corrected chi connectivity index (χ4v) is 2.29. The Morgan fingerprint density at radius 2 is 1.90 bits per heavy atom. The highest BCUT2D eigenvalue weighted by Crippen LogP contribution is 2.26. The van der Waals surface area contributed by atoms with Crippen LogP contribution in [0.5, 0.6) is 5.75 Å². The first-order valence-corrected chi connectivity index (χ1v) is 6.45. The van der Waals surface area contributed by atoms with E-state index in [4.69, 9.17) is 11.6 Å². The maximum Gasteiger partial charge on any atom is 0.246 e. The molecule has 20 heavy (non-hydrogen) atoms. The molecule has 0 aromatic heterocycles. The molecule has 2 aromatic carbocycles. The topological polar surface area (TPSA) is 61.7 Å². The summed E-state index contributed by atoms with van der Waals surface area (Å²) in [5.74, 6) is 0.0193. The average Bonchev–Trinajstić information content (AvgIpc) is 2.58. The number of nitrogens with zero attached hydrogens (tertiary/aromatic N) is 1.